The van der Waals surface area contributed by atoms with Crippen molar-refractivity contribution in [2.75, 3.05) is 0 Å². The maximum absolute atomic E-state index is 12.9. The van der Waals surface area contributed by atoms with Gasteiger partial charge in [0, 0.05) is 18.5 Å². The Balaban J connectivity index is 1.87. The Kier molecular flexibility index (Phi) is 6.36. The van der Waals surface area contributed by atoms with E-state index < -0.39 is 17.9 Å². The molecule has 0 unspecified atom stereocenters. The van der Waals surface area contributed by atoms with Crippen molar-refractivity contribution in [2.24, 2.45) is 5.92 Å². The normalized spacial score (nSPS) is 11.7. The van der Waals surface area contributed by atoms with E-state index in [-0.39, 0.29) is 11.8 Å². The molecule has 2 heterocycles. The quantitative estimate of drug-likeness (QED) is 0.564. The summed E-state index contributed by atoms with van der Waals surface area (Å²) in [5.41, 5.74) is 7.00. The van der Waals surface area contributed by atoms with Crippen LogP contribution in [0.5, 0.6) is 0 Å². The fourth-order valence-corrected chi connectivity index (χ4v) is 3.03. The van der Waals surface area contributed by atoms with Crippen LogP contribution >= 0.6 is 0 Å². The molecule has 0 aliphatic heterocycles. The van der Waals surface area contributed by atoms with Gasteiger partial charge in [0.25, 0.3) is 11.8 Å². The molecular weight excluding hydrogens is 382 g/mol. The van der Waals surface area contributed by atoms with Gasteiger partial charge in [-0.3, -0.25) is 30.2 Å². The number of carbonyl (C=O) groups excluding carboxylic acids is 3. The Morgan fingerprint density at radius 2 is 1.67 bits per heavy atom. The van der Waals surface area contributed by atoms with Gasteiger partial charge in [-0.25, -0.2) is 4.98 Å². The summed E-state index contributed by atoms with van der Waals surface area (Å²) in [5.74, 6) is -1.47. The summed E-state index contributed by atoms with van der Waals surface area (Å²) in [6, 6.07) is 13.6. The molecule has 0 spiro atoms. The van der Waals surface area contributed by atoms with Crippen LogP contribution in [0.3, 0.4) is 0 Å². The van der Waals surface area contributed by atoms with Crippen LogP contribution in [-0.2, 0) is 9.59 Å². The first kappa shape index (κ1) is 20.9. The van der Waals surface area contributed by atoms with Crippen LogP contribution in [-0.4, -0.2) is 33.7 Å². The van der Waals surface area contributed by atoms with Crippen molar-refractivity contribution in [3.63, 3.8) is 0 Å². The molecule has 0 saturated heterocycles. The minimum atomic E-state index is -0.763. The van der Waals surface area contributed by atoms with Crippen molar-refractivity contribution >= 4 is 28.6 Å². The highest BCUT2D eigenvalue weighted by Gasteiger charge is 2.24. The van der Waals surface area contributed by atoms with E-state index in [0.717, 1.165) is 0 Å². The lowest BCUT2D eigenvalue weighted by Crippen LogP contribution is -2.54. The predicted octanol–water partition coefficient (Wildman–Crippen LogP) is 2.22. The van der Waals surface area contributed by atoms with Gasteiger partial charge < -0.3 is 5.32 Å². The first-order valence-electron chi connectivity index (χ1n) is 9.55. The second-order valence-corrected chi connectivity index (χ2v) is 7.15. The minimum Gasteiger partial charge on any atom is -0.344 e. The second kappa shape index (κ2) is 9.13. The lowest BCUT2D eigenvalue weighted by atomic mass is 10.0. The van der Waals surface area contributed by atoms with E-state index in [1.165, 1.54) is 6.92 Å². The van der Waals surface area contributed by atoms with Crippen molar-refractivity contribution in [2.45, 2.75) is 26.8 Å². The number of hydrazine groups is 1. The molecule has 8 nitrogen and oxygen atoms in total. The van der Waals surface area contributed by atoms with Gasteiger partial charge in [0.1, 0.15) is 6.04 Å². The standard InChI is InChI=1S/C22H23N5O3/c1-13(2)20(24-14(3)28)22(30)27-26-21(29)16-12-19(18-10-6-7-11-23-18)25-17-9-5-4-8-15(16)17/h4-13,20H,1-3H3,(H,24,28)(H,26,29)(H,27,30)/t20-/m0/s1. The van der Waals surface area contributed by atoms with Crippen LogP contribution in [0, 0.1) is 5.92 Å². The minimum absolute atomic E-state index is 0.150. The van der Waals surface area contributed by atoms with E-state index in [1.54, 1.807) is 44.3 Å². The molecule has 30 heavy (non-hydrogen) atoms. The number of amides is 3. The molecule has 1 aromatic carbocycles. The van der Waals surface area contributed by atoms with Gasteiger partial charge in [0.15, 0.2) is 0 Å². The number of fused-ring (bicyclic) bond motifs is 1. The van der Waals surface area contributed by atoms with E-state index >= 15 is 0 Å². The third-order valence-electron chi connectivity index (χ3n) is 4.50. The molecule has 3 rings (SSSR count). The number of nitrogens with zero attached hydrogens (tertiary/aromatic N) is 2. The Morgan fingerprint density at radius 1 is 0.933 bits per heavy atom. The second-order valence-electron chi connectivity index (χ2n) is 7.15. The molecule has 1 atom stereocenters. The Morgan fingerprint density at radius 3 is 2.33 bits per heavy atom. The first-order valence-corrected chi connectivity index (χ1v) is 9.55. The van der Waals surface area contributed by atoms with E-state index in [2.05, 4.69) is 26.1 Å². The van der Waals surface area contributed by atoms with Crippen LogP contribution in [0.15, 0.2) is 54.7 Å². The van der Waals surface area contributed by atoms with Crippen LogP contribution in [0.25, 0.3) is 22.3 Å². The Labute approximate surface area is 174 Å². The van der Waals surface area contributed by atoms with Crippen molar-refractivity contribution in [1.82, 2.24) is 26.1 Å². The maximum atomic E-state index is 12.9. The molecule has 2 aromatic heterocycles. The van der Waals surface area contributed by atoms with E-state index in [1.807, 2.05) is 24.3 Å². The SMILES string of the molecule is CC(=O)N[C@H](C(=O)NNC(=O)c1cc(-c2ccccn2)nc2ccccc12)C(C)C. The molecular formula is C22H23N5O3. The third-order valence-corrected chi connectivity index (χ3v) is 4.50. The summed E-state index contributed by atoms with van der Waals surface area (Å²) >= 11 is 0. The zero-order valence-electron chi connectivity index (χ0n) is 17.0. The molecule has 3 amide bonds. The number of nitrogens with one attached hydrogen (secondary N) is 3. The molecule has 0 fully saturated rings. The average molecular weight is 405 g/mol. The molecule has 0 bridgehead atoms. The van der Waals surface area contributed by atoms with Crippen LogP contribution in [0.4, 0.5) is 0 Å². The topological polar surface area (TPSA) is 113 Å². The van der Waals surface area contributed by atoms with Crippen molar-refractivity contribution < 1.29 is 14.4 Å². The predicted molar refractivity (Wildman–Crippen MR) is 113 cm³/mol. The summed E-state index contributed by atoms with van der Waals surface area (Å²) in [4.78, 5) is 45.6. The maximum Gasteiger partial charge on any atom is 0.270 e. The molecule has 0 saturated carbocycles. The highest BCUT2D eigenvalue weighted by atomic mass is 16.2. The summed E-state index contributed by atoms with van der Waals surface area (Å²) in [7, 11) is 0. The van der Waals surface area contributed by atoms with Crippen LogP contribution in [0.1, 0.15) is 31.1 Å². The molecule has 0 radical (unpaired) electrons. The smallest absolute Gasteiger partial charge is 0.270 e. The van der Waals surface area contributed by atoms with E-state index in [9.17, 15) is 14.4 Å². The van der Waals surface area contributed by atoms with Crippen molar-refractivity contribution in [3.8, 4) is 11.4 Å². The number of carbonyl (C=O) groups is 3. The highest BCUT2D eigenvalue weighted by Crippen LogP contribution is 2.23. The zero-order chi connectivity index (χ0) is 21.7. The fourth-order valence-electron chi connectivity index (χ4n) is 3.03. The number of para-hydroxylation sites is 1. The summed E-state index contributed by atoms with van der Waals surface area (Å²) in [6.07, 6.45) is 1.65. The number of pyridine rings is 2. The lowest BCUT2D eigenvalue weighted by molar-refractivity contribution is -0.129. The van der Waals surface area contributed by atoms with Crippen LogP contribution in [0.2, 0.25) is 0 Å². The monoisotopic (exact) mass is 405 g/mol. The molecule has 3 N–H and O–H groups in total. The van der Waals surface area contributed by atoms with E-state index in [4.69, 9.17) is 0 Å². The lowest BCUT2D eigenvalue weighted by Gasteiger charge is -2.21. The molecule has 0 aliphatic carbocycles. The highest BCUT2D eigenvalue weighted by molar-refractivity contribution is 6.07. The van der Waals surface area contributed by atoms with Gasteiger partial charge >= 0.3 is 0 Å². The number of hydrogen-bond donors (Lipinski definition) is 3. The number of hydrogen-bond acceptors (Lipinski definition) is 5. The van der Waals surface area contributed by atoms with Gasteiger partial charge in [-0.15, -0.1) is 0 Å². The third kappa shape index (κ3) is 4.78. The van der Waals surface area contributed by atoms with Gasteiger partial charge in [0.2, 0.25) is 5.91 Å². The molecule has 8 heteroatoms. The van der Waals surface area contributed by atoms with Gasteiger partial charge in [-0.1, -0.05) is 38.1 Å². The zero-order valence-corrected chi connectivity index (χ0v) is 17.0. The first-order chi connectivity index (χ1) is 14.4. The fraction of sp³-hybridized carbons (Fsp3) is 0.227. The Hall–Kier alpha value is -3.81. The van der Waals surface area contributed by atoms with Crippen molar-refractivity contribution in [1.29, 1.82) is 0 Å². The number of rotatable bonds is 5. The summed E-state index contributed by atoms with van der Waals surface area (Å²) in [6.45, 7) is 4.94. The van der Waals surface area contributed by atoms with Crippen LogP contribution < -0.4 is 16.2 Å². The number of aromatic nitrogens is 2. The average Bonchev–Trinajstić information content (AvgIpc) is 2.75. The van der Waals surface area contributed by atoms with Gasteiger partial charge in [0.05, 0.1) is 22.5 Å². The summed E-state index contributed by atoms with van der Waals surface area (Å²) < 4.78 is 0. The van der Waals surface area contributed by atoms with Gasteiger partial charge in [-0.2, -0.15) is 0 Å². The number of benzene rings is 1. The van der Waals surface area contributed by atoms with E-state index in [0.29, 0.717) is 27.9 Å². The Bertz CT molecular complexity index is 1080. The molecule has 0 aliphatic rings. The van der Waals surface area contributed by atoms with Crippen molar-refractivity contribution in [3.05, 3.63) is 60.3 Å². The largest absolute Gasteiger partial charge is 0.344 e. The summed E-state index contributed by atoms with van der Waals surface area (Å²) in [5, 5.41) is 3.23. The molecule has 154 valence electrons. The molecule has 3 aromatic rings. The van der Waals surface area contributed by atoms with Gasteiger partial charge in [-0.05, 0) is 30.2 Å².